The van der Waals surface area contributed by atoms with E-state index in [1.165, 1.54) is 0 Å². The number of nitrogens with zero attached hydrogens (tertiary/aromatic N) is 4. The second kappa shape index (κ2) is 5.98. The lowest BCUT2D eigenvalue weighted by Crippen LogP contribution is -2.31. The fraction of sp³-hybridized carbons (Fsp3) is 0.643. The maximum absolute atomic E-state index is 9.46. The van der Waals surface area contributed by atoms with Gasteiger partial charge in [-0.1, -0.05) is 13.8 Å². The molecule has 0 saturated heterocycles. The van der Waals surface area contributed by atoms with E-state index < -0.39 is 0 Å². The molecule has 1 heterocycles. The number of hydrogen-bond acceptors (Lipinski definition) is 5. The summed E-state index contributed by atoms with van der Waals surface area (Å²) in [6, 6.07) is 2.69. The third-order valence-corrected chi connectivity index (χ3v) is 3.54. The van der Waals surface area contributed by atoms with Crippen LogP contribution in [-0.2, 0) is 12.8 Å². The fourth-order valence-electron chi connectivity index (χ4n) is 2.44. The standard InChI is InChI=1S/C14H20N4O/c1-3-11-12(9-15)14(17-16-13(11)4-2)18(7-8-19)10-5-6-10/h10,19H,3-8H2,1-2H3. The summed E-state index contributed by atoms with van der Waals surface area (Å²) in [5.41, 5.74) is 2.54. The molecule has 5 nitrogen and oxygen atoms in total. The number of aryl methyl sites for hydroxylation is 1. The van der Waals surface area contributed by atoms with Crippen LogP contribution in [0.25, 0.3) is 0 Å². The molecule has 0 spiro atoms. The van der Waals surface area contributed by atoms with Crippen LogP contribution in [0.3, 0.4) is 0 Å². The van der Waals surface area contributed by atoms with E-state index in [1.807, 2.05) is 18.7 Å². The lowest BCUT2D eigenvalue weighted by molar-refractivity contribution is 0.301. The van der Waals surface area contributed by atoms with Gasteiger partial charge in [0.15, 0.2) is 5.82 Å². The van der Waals surface area contributed by atoms with Crippen LogP contribution < -0.4 is 4.90 Å². The van der Waals surface area contributed by atoms with Gasteiger partial charge in [0.2, 0.25) is 0 Å². The van der Waals surface area contributed by atoms with E-state index in [0.29, 0.717) is 24.0 Å². The van der Waals surface area contributed by atoms with Crippen molar-refractivity contribution in [2.75, 3.05) is 18.1 Å². The first-order chi connectivity index (χ1) is 9.26. The van der Waals surface area contributed by atoms with Gasteiger partial charge in [-0.2, -0.15) is 10.4 Å². The number of hydrogen-bond donors (Lipinski definition) is 1. The Morgan fingerprint density at radius 3 is 2.53 bits per heavy atom. The van der Waals surface area contributed by atoms with E-state index >= 15 is 0 Å². The number of aromatic nitrogens is 2. The normalized spacial score (nSPS) is 14.2. The summed E-state index contributed by atoms with van der Waals surface area (Å²) in [6.07, 6.45) is 3.77. The van der Waals surface area contributed by atoms with Gasteiger partial charge in [-0.25, -0.2) is 0 Å². The van der Waals surface area contributed by atoms with Crippen molar-refractivity contribution in [3.05, 3.63) is 16.8 Å². The average molecular weight is 260 g/mol. The SMILES string of the molecule is CCc1nnc(N(CCO)C2CC2)c(C#N)c1CC. The van der Waals surface area contributed by atoms with Crippen molar-refractivity contribution < 1.29 is 5.11 Å². The number of nitriles is 1. The van der Waals surface area contributed by atoms with Crippen LogP contribution in [0.2, 0.25) is 0 Å². The van der Waals surface area contributed by atoms with E-state index in [4.69, 9.17) is 0 Å². The Morgan fingerprint density at radius 1 is 1.32 bits per heavy atom. The highest BCUT2D eigenvalue weighted by atomic mass is 16.3. The van der Waals surface area contributed by atoms with Crippen LogP contribution in [0.15, 0.2) is 0 Å². The smallest absolute Gasteiger partial charge is 0.169 e. The second-order valence-corrected chi connectivity index (χ2v) is 4.79. The zero-order valence-electron chi connectivity index (χ0n) is 11.6. The average Bonchev–Trinajstić information content (AvgIpc) is 3.27. The topological polar surface area (TPSA) is 73.0 Å². The molecule has 1 aromatic rings. The highest BCUT2D eigenvalue weighted by Gasteiger charge is 2.32. The van der Waals surface area contributed by atoms with Crippen molar-refractivity contribution >= 4 is 5.82 Å². The molecular formula is C14H20N4O. The van der Waals surface area contributed by atoms with Crippen LogP contribution >= 0.6 is 0 Å². The van der Waals surface area contributed by atoms with Crippen LogP contribution in [-0.4, -0.2) is 34.5 Å². The molecule has 1 fully saturated rings. The summed E-state index contributed by atoms with van der Waals surface area (Å²) in [4.78, 5) is 2.03. The predicted octanol–water partition coefficient (Wildman–Crippen LogP) is 1.43. The zero-order valence-corrected chi connectivity index (χ0v) is 11.6. The quantitative estimate of drug-likeness (QED) is 0.837. The van der Waals surface area contributed by atoms with Crippen LogP contribution in [0.1, 0.15) is 43.5 Å². The zero-order chi connectivity index (χ0) is 13.8. The third kappa shape index (κ3) is 2.69. The molecule has 0 amide bonds. The van der Waals surface area contributed by atoms with Crippen LogP contribution in [0.5, 0.6) is 0 Å². The van der Waals surface area contributed by atoms with Crippen molar-refractivity contribution in [2.24, 2.45) is 0 Å². The van der Waals surface area contributed by atoms with Gasteiger partial charge in [0.05, 0.1) is 12.3 Å². The van der Waals surface area contributed by atoms with Gasteiger partial charge in [0, 0.05) is 12.6 Å². The summed E-state index contributed by atoms with van der Waals surface area (Å²) < 4.78 is 0. The minimum absolute atomic E-state index is 0.0695. The molecule has 0 bridgehead atoms. The van der Waals surface area contributed by atoms with Gasteiger partial charge >= 0.3 is 0 Å². The molecular weight excluding hydrogens is 240 g/mol. The summed E-state index contributed by atoms with van der Waals surface area (Å²) in [5, 5.41) is 27.2. The van der Waals surface area contributed by atoms with Crippen molar-refractivity contribution in [3.63, 3.8) is 0 Å². The molecule has 1 N–H and O–H groups in total. The number of anilines is 1. The first-order valence-electron chi connectivity index (χ1n) is 6.92. The maximum Gasteiger partial charge on any atom is 0.169 e. The summed E-state index contributed by atoms with van der Waals surface area (Å²) in [6.45, 7) is 4.65. The Balaban J connectivity index is 2.47. The first kappa shape index (κ1) is 13.8. The van der Waals surface area contributed by atoms with Crippen molar-refractivity contribution in [3.8, 4) is 6.07 Å². The van der Waals surface area contributed by atoms with Gasteiger partial charge in [-0.05, 0) is 31.2 Å². The molecule has 0 aliphatic heterocycles. The number of rotatable bonds is 6. The van der Waals surface area contributed by atoms with Gasteiger partial charge in [0.1, 0.15) is 11.6 Å². The number of aliphatic hydroxyl groups is 1. The molecule has 1 aromatic heterocycles. The van der Waals surface area contributed by atoms with Gasteiger partial charge in [0.25, 0.3) is 0 Å². The highest BCUT2D eigenvalue weighted by Crippen LogP contribution is 2.33. The Bertz CT molecular complexity index is 491. The molecule has 19 heavy (non-hydrogen) atoms. The monoisotopic (exact) mass is 260 g/mol. The molecule has 0 unspecified atom stereocenters. The van der Waals surface area contributed by atoms with Crippen molar-refractivity contribution in [1.29, 1.82) is 5.26 Å². The fourth-order valence-corrected chi connectivity index (χ4v) is 2.44. The Kier molecular flexibility index (Phi) is 4.33. The molecule has 2 rings (SSSR count). The lowest BCUT2D eigenvalue weighted by Gasteiger charge is -2.24. The minimum Gasteiger partial charge on any atom is -0.395 e. The Labute approximate surface area is 113 Å². The van der Waals surface area contributed by atoms with Gasteiger partial charge in [-0.3, -0.25) is 0 Å². The molecule has 1 aliphatic carbocycles. The Morgan fingerprint density at radius 2 is 2.05 bits per heavy atom. The van der Waals surface area contributed by atoms with Gasteiger partial charge < -0.3 is 10.0 Å². The van der Waals surface area contributed by atoms with Crippen LogP contribution in [0.4, 0.5) is 5.82 Å². The summed E-state index contributed by atoms with van der Waals surface area (Å²) in [7, 11) is 0. The predicted molar refractivity (Wildman–Crippen MR) is 73.0 cm³/mol. The molecule has 102 valence electrons. The lowest BCUT2D eigenvalue weighted by atomic mass is 10.0. The van der Waals surface area contributed by atoms with E-state index in [1.54, 1.807) is 0 Å². The van der Waals surface area contributed by atoms with E-state index in [2.05, 4.69) is 16.3 Å². The molecule has 1 aliphatic rings. The Hall–Kier alpha value is -1.67. The summed E-state index contributed by atoms with van der Waals surface area (Å²) >= 11 is 0. The summed E-state index contributed by atoms with van der Waals surface area (Å²) in [5.74, 6) is 0.646. The van der Waals surface area contributed by atoms with Crippen molar-refractivity contribution in [1.82, 2.24) is 10.2 Å². The van der Waals surface area contributed by atoms with E-state index in [-0.39, 0.29) is 6.61 Å². The van der Waals surface area contributed by atoms with Crippen LogP contribution in [0, 0.1) is 11.3 Å². The molecule has 5 heteroatoms. The first-order valence-corrected chi connectivity index (χ1v) is 6.92. The van der Waals surface area contributed by atoms with E-state index in [0.717, 1.165) is 36.9 Å². The minimum atomic E-state index is 0.0695. The molecule has 0 atom stereocenters. The van der Waals surface area contributed by atoms with E-state index in [9.17, 15) is 10.4 Å². The molecule has 0 radical (unpaired) electrons. The molecule has 1 saturated carbocycles. The second-order valence-electron chi connectivity index (χ2n) is 4.79. The van der Waals surface area contributed by atoms with Crippen molar-refractivity contribution in [2.45, 2.75) is 45.6 Å². The maximum atomic E-state index is 9.46. The number of aliphatic hydroxyl groups excluding tert-OH is 1. The molecule has 0 aromatic carbocycles. The largest absolute Gasteiger partial charge is 0.395 e. The third-order valence-electron chi connectivity index (χ3n) is 3.54. The highest BCUT2D eigenvalue weighted by molar-refractivity contribution is 5.59. The van der Waals surface area contributed by atoms with Gasteiger partial charge in [-0.15, -0.1) is 5.10 Å².